The molecule has 0 unspecified atom stereocenters. The molecule has 1 fully saturated rings. The predicted octanol–water partition coefficient (Wildman–Crippen LogP) is 2.60. The third-order valence-electron chi connectivity index (χ3n) is 4.33. The molecule has 1 saturated heterocycles. The minimum Gasteiger partial charge on any atom is -0.354 e. The van der Waals surface area contributed by atoms with Gasteiger partial charge in [-0.1, -0.05) is 0 Å². The quantitative estimate of drug-likeness (QED) is 0.828. The number of piperazine rings is 1. The number of hydrogen-bond acceptors (Lipinski definition) is 5. The second-order valence-electron chi connectivity index (χ2n) is 6.22. The lowest BCUT2D eigenvalue weighted by Gasteiger charge is -2.35. The van der Waals surface area contributed by atoms with Crippen LogP contribution in [0.15, 0.2) is 18.2 Å². The highest BCUT2D eigenvalue weighted by molar-refractivity contribution is 5.94. The van der Waals surface area contributed by atoms with Gasteiger partial charge >= 0.3 is 0 Å². The van der Waals surface area contributed by atoms with Crippen LogP contribution in [0.3, 0.4) is 0 Å². The summed E-state index contributed by atoms with van der Waals surface area (Å²) in [5.41, 5.74) is 0.355. The van der Waals surface area contributed by atoms with Crippen LogP contribution in [-0.2, 0) is 0 Å². The number of nitrogens with one attached hydrogen (secondary N) is 1. The van der Waals surface area contributed by atoms with Gasteiger partial charge in [0.15, 0.2) is 17.5 Å². The first kappa shape index (κ1) is 18.9. The molecule has 6 nitrogen and oxygen atoms in total. The number of halogens is 3. The van der Waals surface area contributed by atoms with Crippen molar-refractivity contribution in [2.24, 2.45) is 0 Å². The highest BCUT2D eigenvalue weighted by Crippen LogP contribution is 2.20. The summed E-state index contributed by atoms with van der Waals surface area (Å²) in [6, 6.07) is 3.58. The van der Waals surface area contributed by atoms with Crippen molar-refractivity contribution in [3.8, 4) is 0 Å². The summed E-state index contributed by atoms with van der Waals surface area (Å²) in [7, 11) is 0. The van der Waals surface area contributed by atoms with Gasteiger partial charge < -0.3 is 15.1 Å². The van der Waals surface area contributed by atoms with E-state index in [9.17, 15) is 18.0 Å². The van der Waals surface area contributed by atoms with Gasteiger partial charge in [-0.15, -0.1) is 0 Å². The van der Waals surface area contributed by atoms with Crippen molar-refractivity contribution < 1.29 is 18.0 Å². The molecule has 1 aliphatic rings. The topological polar surface area (TPSA) is 61.4 Å². The summed E-state index contributed by atoms with van der Waals surface area (Å²) in [5.74, 6) is -3.78. The molecule has 0 spiro atoms. The van der Waals surface area contributed by atoms with E-state index in [1.807, 2.05) is 24.8 Å². The number of anilines is 2. The molecular formula is C18H20F3N5O. The van der Waals surface area contributed by atoms with Gasteiger partial charge in [0.1, 0.15) is 5.82 Å². The third-order valence-corrected chi connectivity index (χ3v) is 4.33. The number of aromatic nitrogens is 2. The van der Waals surface area contributed by atoms with Crippen LogP contribution in [0, 0.1) is 24.4 Å². The Balaban J connectivity index is 1.70. The van der Waals surface area contributed by atoms with Crippen LogP contribution >= 0.6 is 0 Å². The average Bonchev–Trinajstić information content (AvgIpc) is 2.66. The van der Waals surface area contributed by atoms with E-state index in [2.05, 4.69) is 15.3 Å². The molecule has 1 N–H and O–H groups in total. The Morgan fingerprint density at radius 2 is 1.81 bits per heavy atom. The zero-order valence-corrected chi connectivity index (χ0v) is 15.1. The molecule has 27 heavy (non-hydrogen) atoms. The van der Waals surface area contributed by atoms with Gasteiger partial charge in [-0.3, -0.25) is 4.79 Å². The number of hydrogen-bond donors (Lipinski definition) is 1. The maximum atomic E-state index is 13.9. The number of amides is 1. The summed E-state index contributed by atoms with van der Waals surface area (Å²) in [4.78, 5) is 24.7. The molecule has 1 aromatic heterocycles. The summed E-state index contributed by atoms with van der Waals surface area (Å²) in [5, 5.41) is 3.07. The molecule has 2 aromatic rings. The smallest absolute Gasteiger partial charge is 0.257 e. The molecule has 0 aliphatic carbocycles. The van der Waals surface area contributed by atoms with E-state index < -0.39 is 28.9 Å². The number of carbonyl (C=O) groups is 1. The van der Waals surface area contributed by atoms with Gasteiger partial charge in [0, 0.05) is 44.5 Å². The molecule has 1 aliphatic heterocycles. The van der Waals surface area contributed by atoms with Crippen LogP contribution in [0.4, 0.5) is 24.9 Å². The van der Waals surface area contributed by atoms with Gasteiger partial charge in [-0.2, -0.15) is 4.98 Å². The Morgan fingerprint density at radius 3 is 2.48 bits per heavy atom. The van der Waals surface area contributed by atoms with Crippen LogP contribution in [-0.4, -0.2) is 53.5 Å². The molecular weight excluding hydrogens is 359 g/mol. The monoisotopic (exact) mass is 379 g/mol. The van der Waals surface area contributed by atoms with Crippen molar-refractivity contribution in [3.63, 3.8) is 0 Å². The molecule has 9 heteroatoms. The van der Waals surface area contributed by atoms with E-state index in [4.69, 9.17) is 0 Å². The summed E-state index contributed by atoms with van der Waals surface area (Å²) >= 11 is 0. The Morgan fingerprint density at radius 1 is 1.11 bits per heavy atom. The molecule has 3 rings (SSSR count). The second kappa shape index (κ2) is 7.81. The van der Waals surface area contributed by atoms with E-state index in [0.717, 1.165) is 23.6 Å². The minimum atomic E-state index is -1.63. The molecule has 0 radical (unpaired) electrons. The lowest BCUT2D eigenvalue weighted by atomic mass is 10.1. The number of aryl methyl sites for hydroxylation is 1. The van der Waals surface area contributed by atoms with Crippen LogP contribution < -0.4 is 10.2 Å². The van der Waals surface area contributed by atoms with E-state index in [1.54, 1.807) is 0 Å². The lowest BCUT2D eigenvalue weighted by Crippen LogP contribution is -2.49. The van der Waals surface area contributed by atoms with Gasteiger partial charge in [-0.25, -0.2) is 18.2 Å². The maximum absolute atomic E-state index is 13.9. The SMILES string of the molecule is CCNc1nc(C)cc(N2CCN(C(=O)c3ccc(F)c(F)c3F)CC2)n1. The van der Waals surface area contributed by atoms with Crippen molar-refractivity contribution in [3.05, 3.63) is 46.9 Å². The highest BCUT2D eigenvalue weighted by Gasteiger charge is 2.27. The van der Waals surface area contributed by atoms with Crippen LogP contribution in [0.5, 0.6) is 0 Å². The van der Waals surface area contributed by atoms with Crippen LogP contribution in [0.1, 0.15) is 23.0 Å². The normalized spacial score (nSPS) is 14.4. The van der Waals surface area contributed by atoms with E-state index in [1.165, 1.54) is 4.90 Å². The van der Waals surface area contributed by atoms with Gasteiger partial charge in [0.05, 0.1) is 5.56 Å². The Labute approximate surface area is 155 Å². The van der Waals surface area contributed by atoms with Gasteiger partial charge in [0.25, 0.3) is 5.91 Å². The van der Waals surface area contributed by atoms with E-state index in [0.29, 0.717) is 38.7 Å². The molecule has 1 amide bonds. The molecule has 1 aromatic carbocycles. The van der Waals surface area contributed by atoms with Crippen LogP contribution in [0.2, 0.25) is 0 Å². The summed E-state index contributed by atoms with van der Waals surface area (Å²) in [6.07, 6.45) is 0. The van der Waals surface area contributed by atoms with Gasteiger partial charge in [-0.05, 0) is 26.0 Å². The fourth-order valence-electron chi connectivity index (χ4n) is 2.95. The first-order valence-electron chi connectivity index (χ1n) is 8.68. The summed E-state index contributed by atoms with van der Waals surface area (Å²) < 4.78 is 40.3. The van der Waals surface area contributed by atoms with E-state index >= 15 is 0 Å². The Hall–Kier alpha value is -2.84. The van der Waals surface area contributed by atoms with Crippen molar-refractivity contribution in [2.75, 3.05) is 42.9 Å². The van der Waals surface area contributed by atoms with Crippen LogP contribution in [0.25, 0.3) is 0 Å². The van der Waals surface area contributed by atoms with Crippen molar-refractivity contribution in [2.45, 2.75) is 13.8 Å². The van der Waals surface area contributed by atoms with Gasteiger partial charge in [0.2, 0.25) is 5.95 Å². The number of rotatable bonds is 4. The summed E-state index contributed by atoms with van der Waals surface area (Å²) in [6.45, 7) is 6.13. The molecule has 0 atom stereocenters. The zero-order valence-electron chi connectivity index (χ0n) is 15.1. The van der Waals surface area contributed by atoms with E-state index in [-0.39, 0.29) is 0 Å². The fourth-order valence-corrected chi connectivity index (χ4v) is 2.95. The lowest BCUT2D eigenvalue weighted by molar-refractivity contribution is 0.0740. The standard InChI is InChI=1S/C18H20F3N5O/c1-3-22-18-23-11(2)10-14(24-18)25-6-8-26(9-7-25)17(27)12-4-5-13(19)16(21)15(12)20/h4-5,10H,3,6-9H2,1-2H3,(H,22,23,24). The zero-order chi connectivity index (χ0) is 19.6. The third kappa shape index (κ3) is 3.96. The number of nitrogens with zero attached hydrogens (tertiary/aromatic N) is 4. The van der Waals surface area contributed by atoms with Crippen molar-refractivity contribution in [1.29, 1.82) is 0 Å². The number of carbonyl (C=O) groups excluding carboxylic acids is 1. The molecule has 144 valence electrons. The average molecular weight is 379 g/mol. The first-order chi connectivity index (χ1) is 12.9. The molecule has 2 heterocycles. The Kier molecular flexibility index (Phi) is 5.48. The van der Waals surface area contributed by atoms with Crippen molar-refractivity contribution in [1.82, 2.24) is 14.9 Å². The maximum Gasteiger partial charge on any atom is 0.257 e. The highest BCUT2D eigenvalue weighted by atomic mass is 19.2. The molecule has 0 bridgehead atoms. The fraction of sp³-hybridized carbons (Fsp3) is 0.389. The Bertz CT molecular complexity index is 853. The predicted molar refractivity (Wildman–Crippen MR) is 95.4 cm³/mol. The molecule has 0 saturated carbocycles. The van der Waals surface area contributed by atoms with Crippen molar-refractivity contribution >= 4 is 17.7 Å². The largest absolute Gasteiger partial charge is 0.354 e. The minimum absolute atomic E-state index is 0.316. The second-order valence-corrected chi connectivity index (χ2v) is 6.22. The first-order valence-corrected chi connectivity index (χ1v) is 8.68. The number of benzene rings is 1.